The number of carbonyl (C=O) groups is 1. The maximum absolute atomic E-state index is 12.1. The summed E-state index contributed by atoms with van der Waals surface area (Å²) in [4.78, 5) is 14.6. The summed E-state index contributed by atoms with van der Waals surface area (Å²) in [5.41, 5.74) is -0.435. The predicted molar refractivity (Wildman–Crippen MR) is 76.0 cm³/mol. The summed E-state index contributed by atoms with van der Waals surface area (Å²) >= 11 is 0. The predicted octanol–water partition coefficient (Wildman–Crippen LogP) is 1.79. The van der Waals surface area contributed by atoms with E-state index in [9.17, 15) is 4.79 Å². The summed E-state index contributed by atoms with van der Waals surface area (Å²) in [7, 11) is 5.61. The van der Waals surface area contributed by atoms with Crippen molar-refractivity contribution in [3.8, 4) is 0 Å². The fourth-order valence-corrected chi connectivity index (χ4v) is 3.72. The van der Waals surface area contributed by atoms with Crippen LogP contribution in [0.5, 0.6) is 0 Å². The summed E-state index contributed by atoms with van der Waals surface area (Å²) < 4.78 is 5.03. The molecule has 0 amide bonds. The lowest BCUT2D eigenvalue weighted by Gasteiger charge is -2.37. The molecule has 0 spiro atoms. The van der Waals surface area contributed by atoms with E-state index in [1.807, 2.05) is 7.05 Å². The van der Waals surface area contributed by atoms with Crippen LogP contribution in [0.1, 0.15) is 44.9 Å². The van der Waals surface area contributed by atoms with Crippen LogP contribution in [-0.2, 0) is 9.53 Å². The maximum Gasteiger partial charge on any atom is 0.326 e. The highest BCUT2D eigenvalue weighted by molar-refractivity contribution is 5.81. The monoisotopic (exact) mass is 268 g/mol. The number of likely N-dealkylation sites (N-methyl/N-ethyl adjacent to an activating group) is 1. The number of hydrogen-bond donors (Lipinski definition) is 1. The van der Waals surface area contributed by atoms with Gasteiger partial charge in [-0.25, -0.2) is 0 Å². The minimum atomic E-state index is -0.435. The van der Waals surface area contributed by atoms with Crippen LogP contribution < -0.4 is 5.32 Å². The Balaban J connectivity index is 1.91. The minimum Gasteiger partial charge on any atom is -0.468 e. The number of ether oxygens (including phenoxy) is 1. The van der Waals surface area contributed by atoms with Crippen LogP contribution in [0.4, 0.5) is 0 Å². The maximum atomic E-state index is 12.1. The lowest BCUT2D eigenvalue weighted by Crippen LogP contribution is -2.54. The number of nitrogens with zero attached hydrogens (tertiary/aromatic N) is 1. The summed E-state index contributed by atoms with van der Waals surface area (Å²) in [6.45, 7) is 1.09. The largest absolute Gasteiger partial charge is 0.468 e. The van der Waals surface area contributed by atoms with Gasteiger partial charge in [-0.3, -0.25) is 4.79 Å². The van der Waals surface area contributed by atoms with Crippen molar-refractivity contribution in [2.24, 2.45) is 5.92 Å². The summed E-state index contributed by atoms with van der Waals surface area (Å²) in [6.07, 6.45) is 8.31. The van der Waals surface area contributed by atoms with Crippen LogP contribution >= 0.6 is 0 Å². The van der Waals surface area contributed by atoms with E-state index < -0.39 is 5.54 Å². The van der Waals surface area contributed by atoms with E-state index in [0.29, 0.717) is 5.92 Å². The highest BCUT2D eigenvalue weighted by Gasteiger charge is 2.48. The van der Waals surface area contributed by atoms with Crippen molar-refractivity contribution in [2.45, 2.75) is 56.5 Å². The zero-order valence-corrected chi connectivity index (χ0v) is 12.6. The molecule has 19 heavy (non-hydrogen) atoms. The quantitative estimate of drug-likeness (QED) is 0.746. The lowest BCUT2D eigenvalue weighted by atomic mass is 9.84. The Morgan fingerprint density at radius 2 is 2.11 bits per heavy atom. The molecule has 0 radical (unpaired) electrons. The number of methoxy groups -OCH3 is 1. The van der Waals surface area contributed by atoms with Gasteiger partial charge in [-0.2, -0.15) is 0 Å². The minimum absolute atomic E-state index is 0.0798. The molecule has 0 saturated heterocycles. The molecule has 4 heteroatoms. The van der Waals surface area contributed by atoms with Crippen molar-refractivity contribution in [3.05, 3.63) is 0 Å². The van der Waals surface area contributed by atoms with Crippen molar-refractivity contribution in [3.63, 3.8) is 0 Å². The van der Waals surface area contributed by atoms with E-state index in [-0.39, 0.29) is 5.97 Å². The van der Waals surface area contributed by atoms with E-state index in [2.05, 4.69) is 17.3 Å². The van der Waals surface area contributed by atoms with Gasteiger partial charge in [0.15, 0.2) is 0 Å². The fourth-order valence-electron chi connectivity index (χ4n) is 3.72. The van der Waals surface area contributed by atoms with Gasteiger partial charge in [0.2, 0.25) is 0 Å². The Bertz CT molecular complexity index is 317. The first-order chi connectivity index (χ1) is 9.14. The standard InChI is InChI=1S/C15H28N2O2/c1-16-15(14(18)19-3)10-5-6-12(15)9-11-17(2)13-7-4-8-13/h12-13,16H,4-11H2,1-3H3. The smallest absolute Gasteiger partial charge is 0.326 e. The van der Waals surface area contributed by atoms with Gasteiger partial charge in [0.05, 0.1) is 7.11 Å². The topological polar surface area (TPSA) is 41.6 Å². The Kier molecular flexibility index (Phi) is 4.85. The van der Waals surface area contributed by atoms with E-state index in [1.165, 1.54) is 26.4 Å². The molecule has 0 heterocycles. The number of carbonyl (C=O) groups excluding carboxylic acids is 1. The Morgan fingerprint density at radius 3 is 2.63 bits per heavy atom. The summed E-state index contributed by atoms with van der Waals surface area (Å²) in [6, 6.07) is 0.781. The van der Waals surface area contributed by atoms with Crippen LogP contribution in [-0.4, -0.2) is 50.2 Å². The van der Waals surface area contributed by atoms with Crippen LogP contribution in [0.25, 0.3) is 0 Å². The number of rotatable bonds is 6. The van der Waals surface area contributed by atoms with Crippen LogP contribution in [0.15, 0.2) is 0 Å². The first kappa shape index (κ1) is 14.8. The van der Waals surface area contributed by atoms with E-state index in [0.717, 1.165) is 38.3 Å². The van der Waals surface area contributed by atoms with Crippen LogP contribution in [0.3, 0.4) is 0 Å². The molecular weight excluding hydrogens is 240 g/mol. The first-order valence-corrected chi connectivity index (χ1v) is 7.61. The number of nitrogens with one attached hydrogen (secondary N) is 1. The second kappa shape index (κ2) is 6.23. The molecule has 0 aromatic heterocycles. The molecule has 2 unspecified atom stereocenters. The van der Waals surface area contributed by atoms with Gasteiger partial charge in [-0.1, -0.05) is 12.8 Å². The van der Waals surface area contributed by atoms with Gasteiger partial charge in [0, 0.05) is 6.04 Å². The highest BCUT2D eigenvalue weighted by atomic mass is 16.5. The van der Waals surface area contributed by atoms with E-state index in [4.69, 9.17) is 4.74 Å². The summed E-state index contributed by atoms with van der Waals surface area (Å²) in [5, 5.41) is 3.27. The Morgan fingerprint density at radius 1 is 1.37 bits per heavy atom. The number of esters is 1. The lowest BCUT2D eigenvalue weighted by molar-refractivity contribution is -0.150. The van der Waals surface area contributed by atoms with Gasteiger partial charge in [-0.15, -0.1) is 0 Å². The molecule has 2 aliphatic rings. The molecule has 0 aromatic carbocycles. The van der Waals surface area contributed by atoms with Crippen molar-refractivity contribution >= 4 is 5.97 Å². The third-order valence-corrected chi connectivity index (χ3v) is 5.34. The zero-order valence-electron chi connectivity index (χ0n) is 12.6. The zero-order chi connectivity index (χ0) is 13.9. The summed E-state index contributed by atoms with van der Waals surface area (Å²) in [5.74, 6) is 0.330. The van der Waals surface area contributed by atoms with Crippen molar-refractivity contribution in [1.29, 1.82) is 0 Å². The molecular formula is C15H28N2O2. The second-order valence-electron chi connectivity index (χ2n) is 6.16. The molecule has 2 fully saturated rings. The van der Waals surface area contributed by atoms with Crippen molar-refractivity contribution in [1.82, 2.24) is 10.2 Å². The van der Waals surface area contributed by atoms with Crippen molar-refractivity contribution < 1.29 is 9.53 Å². The fraction of sp³-hybridized carbons (Fsp3) is 0.933. The average Bonchev–Trinajstić information content (AvgIpc) is 2.77. The molecule has 0 bridgehead atoms. The van der Waals surface area contributed by atoms with Crippen molar-refractivity contribution in [2.75, 3.05) is 27.7 Å². The molecule has 2 rings (SSSR count). The molecule has 2 aliphatic carbocycles. The van der Waals surface area contributed by atoms with E-state index in [1.54, 1.807) is 0 Å². The normalized spacial score (nSPS) is 31.5. The van der Waals surface area contributed by atoms with Gasteiger partial charge in [-0.05, 0) is 58.7 Å². The van der Waals surface area contributed by atoms with Crippen LogP contribution in [0.2, 0.25) is 0 Å². The Hall–Kier alpha value is -0.610. The van der Waals surface area contributed by atoms with Crippen LogP contribution in [0, 0.1) is 5.92 Å². The van der Waals surface area contributed by atoms with Gasteiger partial charge in [0.25, 0.3) is 0 Å². The van der Waals surface area contributed by atoms with Gasteiger partial charge < -0.3 is 15.0 Å². The molecule has 0 aliphatic heterocycles. The number of hydrogen-bond acceptors (Lipinski definition) is 4. The average molecular weight is 268 g/mol. The highest BCUT2D eigenvalue weighted by Crippen LogP contribution is 2.39. The molecule has 2 saturated carbocycles. The molecule has 2 atom stereocenters. The van der Waals surface area contributed by atoms with Gasteiger partial charge >= 0.3 is 5.97 Å². The first-order valence-electron chi connectivity index (χ1n) is 7.61. The van der Waals surface area contributed by atoms with Gasteiger partial charge in [0.1, 0.15) is 5.54 Å². The SMILES string of the molecule is CNC1(C(=O)OC)CCCC1CCN(C)C1CCC1. The second-order valence-corrected chi connectivity index (χ2v) is 6.16. The Labute approximate surface area is 116 Å². The molecule has 1 N–H and O–H groups in total. The molecule has 4 nitrogen and oxygen atoms in total. The third kappa shape index (κ3) is 2.79. The third-order valence-electron chi connectivity index (χ3n) is 5.34. The van der Waals surface area contributed by atoms with E-state index >= 15 is 0 Å². The molecule has 0 aromatic rings. The molecule has 110 valence electrons.